The molecule has 15 nitrogen and oxygen atoms in total. The molecule has 0 aliphatic heterocycles. The van der Waals surface area contributed by atoms with E-state index >= 15 is 0 Å². The fraction of sp³-hybridized carbons (Fsp3) is 0.124. The zero-order valence-electron chi connectivity index (χ0n) is 66.6. The molecule has 0 saturated heterocycles. The summed E-state index contributed by atoms with van der Waals surface area (Å²) in [4.78, 5) is 42.9. The third-order valence-electron chi connectivity index (χ3n) is 17.4. The number of hydrogen-bond donors (Lipinski definition) is 6. The maximum Gasteiger partial charge on any atom is 1.00 e. The number of carbonyl (C=O) groups is 1. The average molecular weight is 1900 g/mol. The molecule has 1 unspecified atom stereocenters. The first-order chi connectivity index (χ1) is 58.3. The number of rotatable bonds is 19. The topological polar surface area (TPSA) is 242 Å². The van der Waals surface area contributed by atoms with Crippen LogP contribution >= 0.6 is 75.4 Å². The number of hydrogen-bond acceptors (Lipinski definition) is 15. The first kappa shape index (κ1) is 106. The Labute approximate surface area is 777 Å². The summed E-state index contributed by atoms with van der Waals surface area (Å²) in [5.74, 6) is 0.634. The molecule has 1 aliphatic carbocycles. The predicted molar refractivity (Wildman–Crippen MR) is 494 cm³/mol. The smallest absolute Gasteiger partial charge is 0.0622 e. The van der Waals surface area contributed by atoms with Gasteiger partial charge in [-0.3, -0.25) is 11.2 Å². The summed E-state index contributed by atoms with van der Waals surface area (Å²) in [6.07, 6.45) is 24.7. The molecule has 0 amide bonds. The van der Waals surface area contributed by atoms with Crippen LogP contribution in [0, 0.1) is 19.2 Å². The Kier molecular flexibility index (Phi) is 54.0. The molecule has 15 aromatic rings. The standard InChI is InChI=1S/2C18H15P.C15H16N2O2.C12H10N2O2.C12H12N2O.C8H9ClO.C8H9O.C4H3BrN2.CH2Cl.CH4.2ClH.Li.Ni.Zn/c2*1-4-10-16(11-5-1)19(17-12-6-2-7-13-17)18-14-8-3-9-15-18;18-9-11-1-3-12(4-2-11)15(19,13-5-6-13)14-7-16-10-17-8-14;15-7-9-1-3-10(4-2-9)12(16)11-5-13-8-14-6-11;15-8-11-3-1-10(2-4-11)5-12-6-13-9-14-7-12;9-5-7-1-3-8(6-10)4-2-7;1-7-2-4-8(6-9)5-3-7;5-4-1-6-3-7-2-4;1-2;;;;;;/h2*1-15H;1-4,7-8,10,13,18-19H,5-6,9H2;1-6,8,15H,7H2;1-4,6-7,9,15H,5,8H2;1-4,10H,5-6H2;2-5,9H,1,6H2;1-3H;1H2;1H4;2*1H;;;/q;;;;;;-1;;-1;;;;+1;+2;/p-2. The Morgan fingerprint density at radius 2 is 0.639 bits per heavy atom. The zero-order valence-corrected chi connectivity index (χ0v) is 77.0. The minimum absolute atomic E-state index is 0. The van der Waals surface area contributed by atoms with E-state index in [1.54, 1.807) is 49.1 Å². The molecule has 624 valence electrons. The summed E-state index contributed by atoms with van der Waals surface area (Å²) in [5.41, 5.74) is 10.3. The fourth-order valence-corrected chi connectivity index (χ4v) is 16.3. The van der Waals surface area contributed by atoms with Gasteiger partial charge in [-0.1, -0.05) is 286 Å². The van der Waals surface area contributed by atoms with Crippen LogP contribution in [0.15, 0.2) is 383 Å². The van der Waals surface area contributed by atoms with Crippen LogP contribution in [0.1, 0.15) is 97.4 Å². The van der Waals surface area contributed by atoms with Crippen molar-refractivity contribution in [3.63, 3.8) is 0 Å². The molecule has 122 heavy (non-hydrogen) atoms. The largest absolute Gasteiger partial charge is 1.00 e. The van der Waals surface area contributed by atoms with E-state index in [4.69, 9.17) is 57.5 Å². The Bertz CT molecular complexity index is 4830. The van der Waals surface area contributed by atoms with Gasteiger partial charge in [-0.05, 0) is 132 Å². The minimum atomic E-state index is -1.02. The fourth-order valence-electron chi connectivity index (χ4n) is 11.3. The van der Waals surface area contributed by atoms with Crippen molar-refractivity contribution in [1.82, 2.24) is 39.9 Å². The van der Waals surface area contributed by atoms with E-state index < -0.39 is 21.4 Å². The van der Waals surface area contributed by atoms with Gasteiger partial charge >= 0.3 is 51.9 Å². The first-order valence-corrected chi connectivity index (χ1v) is 44.4. The predicted octanol–water partition coefficient (Wildman–Crippen LogP) is 15.8. The van der Waals surface area contributed by atoms with Crippen molar-refractivity contribution in [2.45, 2.75) is 71.2 Å². The van der Waals surface area contributed by atoms with Crippen molar-refractivity contribution in [3.8, 4) is 0 Å². The Hall–Kier alpha value is -8.75. The van der Waals surface area contributed by atoms with Crippen molar-refractivity contribution < 1.29 is 86.4 Å². The molecule has 16 rings (SSSR count). The van der Waals surface area contributed by atoms with Gasteiger partial charge in [-0.15, -0.1) is 23.7 Å². The Morgan fingerprint density at radius 1 is 0.377 bits per heavy atom. The number of aromatic nitrogens is 8. The number of halogens is 5. The van der Waals surface area contributed by atoms with Crippen LogP contribution in [-0.2, 0) is 83.1 Å². The second-order valence-electron chi connectivity index (χ2n) is 25.6. The maximum absolute atomic E-state index is 11.9. The number of aliphatic hydroxyl groups excluding tert-OH is 5. The second kappa shape index (κ2) is 62.4. The van der Waals surface area contributed by atoms with Gasteiger partial charge < -0.3 is 42.2 Å². The number of alkyl halides is 1. The van der Waals surface area contributed by atoms with Crippen molar-refractivity contribution in [2.75, 3.05) is 0 Å². The summed E-state index contributed by atoms with van der Waals surface area (Å²) in [6, 6.07) is 102. The number of nitrogens with zero attached hydrogens (tertiary/aromatic N) is 8. The van der Waals surface area contributed by atoms with Gasteiger partial charge in [0, 0.05) is 92.5 Å². The van der Waals surface area contributed by atoms with E-state index in [1.807, 2.05) is 109 Å². The first-order valence-electron chi connectivity index (χ1n) is 37.1. The summed E-state index contributed by atoms with van der Waals surface area (Å²) in [7, 11) is 8.51. The van der Waals surface area contributed by atoms with Crippen LogP contribution in [0.2, 0.25) is 0 Å². The maximum atomic E-state index is 11.9. The van der Waals surface area contributed by atoms with E-state index in [0.717, 1.165) is 79.4 Å². The normalized spacial score (nSPS) is 10.9. The Balaban J connectivity index is 0.000000294. The SMILES string of the molecule is Brc1cncnc1.C.O=C(c1ccc(CO)cc1)c1cncnc1.OCc1ccc(C(O)(c2cncnc2)C2CC2)cc1.OCc1ccc(CCl)cc1.OCc1ccc(Cc2cncnc2)cc1.[CH2-]Cl.[CH2-]c1ccc(CO)cc1.[Cl][Ni][Cl].[Li+].[Zn].c1ccc(P(c2ccccc2)c2ccccc2)cc1.c1ccc(P(c2ccccc2)c2ccccc2)cc1. The van der Waals surface area contributed by atoms with Gasteiger partial charge in [-0.2, -0.15) is 24.6 Å². The van der Waals surface area contributed by atoms with Crippen molar-refractivity contribution in [1.29, 1.82) is 0 Å². The second-order valence-corrected chi connectivity index (χ2v) is 32.9. The average Bonchev–Trinajstić information content (AvgIpc) is 1.59. The van der Waals surface area contributed by atoms with E-state index in [9.17, 15) is 9.90 Å². The molecule has 1 fully saturated rings. The molecule has 1 saturated carbocycles. The third kappa shape index (κ3) is 37.4. The summed E-state index contributed by atoms with van der Waals surface area (Å²) >= 11 is 13.7. The molecule has 0 spiro atoms. The summed E-state index contributed by atoms with van der Waals surface area (Å²) < 4.78 is 0.912. The van der Waals surface area contributed by atoms with E-state index in [-0.39, 0.29) is 90.5 Å². The van der Waals surface area contributed by atoms with Crippen LogP contribution in [0.25, 0.3) is 0 Å². The molecule has 4 aromatic heterocycles. The van der Waals surface area contributed by atoms with Crippen LogP contribution in [-0.4, -0.2) is 76.3 Å². The van der Waals surface area contributed by atoms with Gasteiger partial charge in [0.05, 0.1) is 43.1 Å². The van der Waals surface area contributed by atoms with Crippen LogP contribution in [0.4, 0.5) is 0 Å². The molecule has 11 aromatic carbocycles. The van der Waals surface area contributed by atoms with E-state index in [0.29, 0.717) is 29.7 Å². The van der Waals surface area contributed by atoms with Crippen LogP contribution in [0.5, 0.6) is 0 Å². The van der Waals surface area contributed by atoms with Gasteiger partial charge in [0.1, 0.15) is 30.9 Å². The minimum Gasteiger partial charge on any atom is -0.0622 e. The molecule has 6 N–H and O–H groups in total. The molecular formula is C97H95BrCl4LiN8NiO7P2Zn-. The molecule has 1 aliphatic rings. The van der Waals surface area contributed by atoms with Gasteiger partial charge in [0.15, 0.2) is 5.78 Å². The number of ketones is 1. The summed E-state index contributed by atoms with van der Waals surface area (Å²) in [5, 5.41) is 63.6. The third-order valence-corrected chi connectivity index (χ3v) is 23.0. The quantitative estimate of drug-likeness (QED) is 0.0145. The van der Waals surface area contributed by atoms with Crippen LogP contribution in [0.3, 0.4) is 0 Å². The molecule has 0 radical (unpaired) electrons. The number of benzene rings is 11. The molecule has 1 atom stereocenters. The number of carbonyl (C=O) groups excluding carboxylic acids is 1. The monoisotopic (exact) mass is 1890 g/mol. The van der Waals surface area contributed by atoms with Crippen molar-refractivity contribution in [2.24, 2.45) is 5.92 Å². The van der Waals surface area contributed by atoms with Crippen molar-refractivity contribution >= 4 is 113 Å². The van der Waals surface area contributed by atoms with Crippen LogP contribution < -0.4 is 50.7 Å². The number of aliphatic hydroxyl groups is 6. The summed E-state index contributed by atoms with van der Waals surface area (Å²) in [6.45, 7) is 4.00. The van der Waals surface area contributed by atoms with Gasteiger partial charge in [0.25, 0.3) is 0 Å². The molecule has 25 heteroatoms. The zero-order chi connectivity index (χ0) is 84.9. The molecule has 0 bridgehead atoms. The Morgan fingerprint density at radius 3 is 0.926 bits per heavy atom. The molecule has 4 heterocycles. The van der Waals surface area contributed by atoms with E-state index in [1.165, 1.54) is 75.1 Å². The van der Waals surface area contributed by atoms with E-state index in [2.05, 4.69) is 263 Å². The van der Waals surface area contributed by atoms with Crippen molar-refractivity contribution in [3.05, 3.63) is 468 Å². The van der Waals surface area contributed by atoms with Gasteiger partial charge in [0.2, 0.25) is 0 Å². The molecular weight excluding hydrogens is 1800 g/mol. The van der Waals surface area contributed by atoms with Gasteiger partial charge in [-0.25, -0.2) is 39.9 Å².